The van der Waals surface area contributed by atoms with Crippen LogP contribution in [0.5, 0.6) is 11.5 Å². The summed E-state index contributed by atoms with van der Waals surface area (Å²) in [4.78, 5) is 24.9. The maximum Gasteiger partial charge on any atom is 0.338 e. The number of fused-ring (bicyclic) bond motifs is 1. The fraction of sp³-hybridized carbons (Fsp3) is 0.391. The van der Waals surface area contributed by atoms with Crippen molar-refractivity contribution in [1.82, 2.24) is 4.31 Å². The average molecular weight is 491 g/mol. The molecule has 0 bridgehead atoms. The minimum absolute atomic E-state index is 0.0282. The van der Waals surface area contributed by atoms with Crippen LogP contribution < -0.4 is 14.8 Å². The molecule has 0 atom stereocenters. The third-order valence-electron chi connectivity index (χ3n) is 5.38. The number of benzene rings is 2. The molecule has 0 aromatic heterocycles. The number of amides is 1. The first-order valence-corrected chi connectivity index (χ1v) is 12.3. The van der Waals surface area contributed by atoms with Crippen molar-refractivity contribution in [2.75, 3.05) is 51.4 Å². The molecule has 1 amide bonds. The quantitative estimate of drug-likeness (QED) is 0.611. The van der Waals surface area contributed by atoms with Gasteiger partial charge in [-0.2, -0.15) is 4.31 Å². The number of hydrogen-bond acceptors (Lipinski definition) is 8. The Labute approximate surface area is 197 Å². The van der Waals surface area contributed by atoms with Gasteiger partial charge in [0.25, 0.3) is 5.91 Å². The number of carbonyl (C=O) groups is 2. The third kappa shape index (κ3) is 5.49. The van der Waals surface area contributed by atoms with E-state index in [0.717, 1.165) is 6.42 Å². The number of nitrogens with one attached hydrogen (secondary N) is 1. The molecule has 1 N–H and O–H groups in total. The van der Waals surface area contributed by atoms with E-state index in [0.29, 0.717) is 49.2 Å². The van der Waals surface area contributed by atoms with Gasteiger partial charge in [0.1, 0.15) is 0 Å². The smallest absolute Gasteiger partial charge is 0.338 e. The lowest BCUT2D eigenvalue weighted by Gasteiger charge is -2.26. The summed E-state index contributed by atoms with van der Waals surface area (Å²) in [6, 6.07) is 9.30. The SMILES string of the molecule is Cc1ccc(C(=O)OCC(=O)Nc2ccc3c(c2)OCCCO3)cc1S(=O)(=O)N1CCOCC1. The van der Waals surface area contributed by atoms with Crippen LogP contribution in [0, 0.1) is 6.92 Å². The van der Waals surface area contributed by atoms with Gasteiger partial charge in [-0.05, 0) is 36.8 Å². The lowest BCUT2D eigenvalue weighted by atomic mass is 10.1. The fourth-order valence-corrected chi connectivity index (χ4v) is 5.24. The lowest BCUT2D eigenvalue weighted by molar-refractivity contribution is -0.119. The van der Waals surface area contributed by atoms with Gasteiger partial charge in [0.2, 0.25) is 10.0 Å². The Kier molecular flexibility index (Phi) is 7.35. The monoisotopic (exact) mass is 490 g/mol. The van der Waals surface area contributed by atoms with Crippen LogP contribution >= 0.6 is 0 Å². The van der Waals surface area contributed by atoms with Gasteiger partial charge in [-0.3, -0.25) is 4.79 Å². The standard InChI is InChI=1S/C23H26N2O8S/c1-16-3-4-17(13-21(16)34(28,29)25-7-11-30-12-8-25)23(27)33-15-22(26)24-18-5-6-19-20(14-18)32-10-2-9-31-19/h3-6,13-14H,2,7-12,15H2,1H3,(H,24,26). The van der Waals surface area contributed by atoms with Gasteiger partial charge in [0, 0.05) is 31.3 Å². The van der Waals surface area contributed by atoms with Crippen LogP contribution in [0.2, 0.25) is 0 Å². The first-order chi connectivity index (χ1) is 16.3. The Bertz CT molecular complexity index is 1180. The summed E-state index contributed by atoms with van der Waals surface area (Å²) in [6.07, 6.45) is 0.765. The molecule has 2 aromatic carbocycles. The van der Waals surface area contributed by atoms with Gasteiger partial charge in [-0.1, -0.05) is 6.07 Å². The van der Waals surface area contributed by atoms with E-state index in [1.807, 2.05) is 0 Å². The van der Waals surface area contributed by atoms with Crippen LogP contribution in [0.25, 0.3) is 0 Å². The molecule has 0 radical (unpaired) electrons. The van der Waals surface area contributed by atoms with Crippen molar-refractivity contribution >= 4 is 27.6 Å². The summed E-state index contributed by atoms with van der Waals surface area (Å²) in [6.45, 7) is 3.33. The molecular weight excluding hydrogens is 464 g/mol. The molecule has 182 valence electrons. The van der Waals surface area contributed by atoms with Crippen molar-refractivity contribution in [1.29, 1.82) is 0 Å². The summed E-state index contributed by atoms with van der Waals surface area (Å²) in [7, 11) is -3.79. The minimum Gasteiger partial charge on any atom is -0.490 e. The second kappa shape index (κ2) is 10.4. The van der Waals surface area contributed by atoms with E-state index in [1.54, 1.807) is 31.2 Å². The fourth-order valence-electron chi connectivity index (χ4n) is 3.58. The van der Waals surface area contributed by atoms with Gasteiger partial charge in [0.05, 0.1) is 36.9 Å². The molecule has 0 aliphatic carbocycles. The van der Waals surface area contributed by atoms with Crippen LogP contribution in [0.15, 0.2) is 41.3 Å². The first kappa shape index (κ1) is 24.0. The molecule has 0 saturated carbocycles. The average Bonchev–Trinajstić information content (AvgIpc) is 3.08. The summed E-state index contributed by atoms with van der Waals surface area (Å²) in [5, 5.41) is 2.64. The topological polar surface area (TPSA) is 120 Å². The number of carbonyl (C=O) groups excluding carboxylic acids is 2. The van der Waals surface area contributed by atoms with E-state index in [2.05, 4.69) is 5.32 Å². The van der Waals surface area contributed by atoms with Crippen molar-refractivity contribution in [3.63, 3.8) is 0 Å². The lowest BCUT2D eigenvalue weighted by Crippen LogP contribution is -2.40. The molecule has 0 spiro atoms. The molecule has 1 saturated heterocycles. The number of aryl methyl sites for hydroxylation is 1. The van der Waals surface area contributed by atoms with Crippen LogP contribution in [-0.4, -0.2) is 70.7 Å². The molecule has 2 aromatic rings. The number of esters is 1. The van der Waals surface area contributed by atoms with Crippen molar-refractivity contribution in [3.8, 4) is 11.5 Å². The van der Waals surface area contributed by atoms with Crippen LogP contribution in [0.1, 0.15) is 22.3 Å². The first-order valence-electron chi connectivity index (χ1n) is 10.9. The predicted octanol–water partition coefficient (Wildman–Crippen LogP) is 1.97. The molecule has 2 aliphatic rings. The Morgan fingerprint density at radius 3 is 2.50 bits per heavy atom. The number of anilines is 1. The van der Waals surface area contributed by atoms with Crippen molar-refractivity contribution in [3.05, 3.63) is 47.5 Å². The number of morpholine rings is 1. The van der Waals surface area contributed by atoms with E-state index in [-0.39, 0.29) is 23.5 Å². The van der Waals surface area contributed by atoms with Gasteiger partial charge in [0.15, 0.2) is 18.1 Å². The largest absolute Gasteiger partial charge is 0.490 e. The number of rotatable bonds is 6. The van der Waals surface area contributed by atoms with Crippen molar-refractivity contribution < 1.29 is 37.0 Å². The zero-order chi connectivity index (χ0) is 24.1. The van der Waals surface area contributed by atoms with Crippen molar-refractivity contribution in [2.24, 2.45) is 0 Å². The Balaban J connectivity index is 1.39. The van der Waals surface area contributed by atoms with Gasteiger partial charge >= 0.3 is 5.97 Å². The molecule has 11 heteroatoms. The maximum atomic E-state index is 13.0. The number of hydrogen-bond donors (Lipinski definition) is 1. The molecule has 34 heavy (non-hydrogen) atoms. The zero-order valence-electron chi connectivity index (χ0n) is 18.7. The second-order valence-corrected chi connectivity index (χ2v) is 9.74. The highest BCUT2D eigenvalue weighted by Gasteiger charge is 2.28. The predicted molar refractivity (Wildman–Crippen MR) is 122 cm³/mol. The van der Waals surface area contributed by atoms with Crippen LogP contribution in [0.4, 0.5) is 5.69 Å². The maximum absolute atomic E-state index is 13.0. The Hall–Kier alpha value is -3.15. The van der Waals surface area contributed by atoms with E-state index < -0.39 is 28.5 Å². The number of nitrogens with zero attached hydrogens (tertiary/aromatic N) is 1. The van der Waals surface area contributed by atoms with E-state index >= 15 is 0 Å². The van der Waals surface area contributed by atoms with Gasteiger partial charge < -0.3 is 24.3 Å². The summed E-state index contributed by atoms with van der Waals surface area (Å²) in [5.74, 6) is -0.214. The molecule has 2 heterocycles. The van der Waals surface area contributed by atoms with E-state index in [1.165, 1.54) is 16.4 Å². The molecule has 10 nitrogen and oxygen atoms in total. The van der Waals surface area contributed by atoms with Crippen LogP contribution in [-0.2, 0) is 24.3 Å². The second-order valence-electron chi connectivity index (χ2n) is 7.83. The van der Waals surface area contributed by atoms with Crippen molar-refractivity contribution in [2.45, 2.75) is 18.2 Å². The summed E-state index contributed by atoms with van der Waals surface area (Å²) in [5.41, 5.74) is 1.02. The Morgan fingerprint density at radius 1 is 1.00 bits per heavy atom. The van der Waals surface area contributed by atoms with Gasteiger partial charge in [-0.15, -0.1) is 0 Å². The van der Waals surface area contributed by atoms with Gasteiger partial charge in [-0.25, -0.2) is 13.2 Å². The summed E-state index contributed by atoms with van der Waals surface area (Å²) >= 11 is 0. The summed E-state index contributed by atoms with van der Waals surface area (Å²) < 4.78 is 48.8. The normalized spacial score (nSPS) is 16.4. The minimum atomic E-state index is -3.79. The van der Waals surface area contributed by atoms with Crippen LogP contribution in [0.3, 0.4) is 0 Å². The highest BCUT2D eigenvalue weighted by Crippen LogP contribution is 2.32. The zero-order valence-corrected chi connectivity index (χ0v) is 19.6. The number of ether oxygens (including phenoxy) is 4. The highest BCUT2D eigenvalue weighted by molar-refractivity contribution is 7.89. The molecule has 1 fully saturated rings. The van der Waals surface area contributed by atoms with E-state index in [9.17, 15) is 18.0 Å². The third-order valence-corrected chi connectivity index (χ3v) is 7.42. The molecule has 0 unspecified atom stereocenters. The van der Waals surface area contributed by atoms with E-state index in [4.69, 9.17) is 18.9 Å². The molecule has 2 aliphatic heterocycles. The highest BCUT2D eigenvalue weighted by atomic mass is 32.2. The molecule has 4 rings (SSSR count). The Morgan fingerprint density at radius 2 is 1.74 bits per heavy atom. The molecular formula is C23H26N2O8S. The number of sulfonamides is 1.